The minimum atomic E-state index is 0.0886. The number of aliphatic hydroxyl groups excluding tert-OH is 1. The van der Waals surface area contributed by atoms with Gasteiger partial charge < -0.3 is 15.2 Å². The number of rotatable bonds is 7. The van der Waals surface area contributed by atoms with Crippen molar-refractivity contribution in [1.82, 2.24) is 10.3 Å². The molecule has 2 N–H and O–H groups in total. The fraction of sp³-hybridized carbons (Fsp3) is 0.357. The quantitative estimate of drug-likeness (QED) is 0.815. The smallest absolute Gasteiger partial charge is 0.140 e. The number of thiazole rings is 1. The lowest BCUT2D eigenvalue weighted by Gasteiger charge is -2.08. The zero-order chi connectivity index (χ0) is 13.5. The van der Waals surface area contributed by atoms with Gasteiger partial charge in [-0.1, -0.05) is 18.2 Å². The Morgan fingerprint density at radius 2 is 2.16 bits per heavy atom. The van der Waals surface area contributed by atoms with E-state index in [0.29, 0.717) is 13.2 Å². The van der Waals surface area contributed by atoms with E-state index in [1.54, 1.807) is 11.3 Å². The van der Waals surface area contributed by atoms with Crippen LogP contribution in [0.3, 0.4) is 0 Å². The molecular weight excluding hydrogens is 260 g/mol. The third-order valence-corrected chi connectivity index (χ3v) is 3.48. The number of benzene rings is 1. The molecule has 2 rings (SSSR count). The topological polar surface area (TPSA) is 54.4 Å². The summed E-state index contributed by atoms with van der Waals surface area (Å²) in [5.74, 6) is 0.853. The van der Waals surface area contributed by atoms with E-state index >= 15 is 0 Å². The number of nitrogens with one attached hydrogen (secondary N) is 1. The summed E-state index contributed by atoms with van der Waals surface area (Å²) in [7, 11) is 0. The molecule has 0 unspecified atom stereocenters. The van der Waals surface area contributed by atoms with E-state index in [4.69, 9.17) is 9.84 Å². The van der Waals surface area contributed by atoms with Gasteiger partial charge in [-0.2, -0.15) is 0 Å². The summed E-state index contributed by atoms with van der Waals surface area (Å²) in [5, 5.41) is 15.1. The summed E-state index contributed by atoms with van der Waals surface area (Å²) in [6.45, 7) is 3.23. The highest BCUT2D eigenvalue weighted by atomic mass is 32.1. The highest BCUT2D eigenvalue weighted by molar-refractivity contribution is 7.09. The summed E-state index contributed by atoms with van der Waals surface area (Å²) in [4.78, 5) is 4.48. The second-order valence-corrected chi connectivity index (χ2v) is 5.24. The molecule has 0 saturated heterocycles. The van der Waals surface area contributed by atoms with Crippen molar-refractivity contribution in [3.63, 3.8) is 0 Å². The molecule has 1 atom stereocenters. The maximum absolute atomic E-state index is 8.93. The van der Waals surface area contributed by atoms with Gasteiger partial charge in [0.1, 0.15) is 17.4 Å². The van der Waals surface area contributed by atoms with Crippen molar-refractivity contribution in [2.45, 2.75) is 26.1 Å². The van der Waals surface area contributed by atoms with Gasteiger partial charge in [-0.05, 0) is 19.1 Å². The fourth-order valence-electron chi connectivity index (χ4n) is 1.50. The van der Waals surface area contributed by atoms with Crippen LogP contribution in [0.5, 0.6) is 5.75 Å². The largest absolute Gasteiger partial charge is 0.486 e. The van der Waals surface area contributed by atoms with Gasteiger partial charge in [0.25, 0.3) is 0 Å². The lowest BCUT2D eigenvalue weighted by Crippen LogP contribution is -2.28. The minimum absolute atomic E-state index is 0.0886. The van der Waals surface area contributed by atoms with Crippen LogP contribution < -0.4 is 10.1 Å². The molecule has 0 aliphatic carbocycles. The van der Waals surface area contributed by atoms with Crippen molar-refractivity contribution >= 4 is 11.3 Å². The molecule has 0 aliphatic heterocycles. The summed E-state index contributed by atoms with van der Waals surface area (Å²) in [6, 6.07) is 9.80. The number of aliphatic hydroxyl groups is 1. The first-order chi connectivity index (χ1) is 9.28. The van der Waals surface area contributed by atoms with Crippen molar-refractivity contribution in [3.8, 4) is 5.75 Å². The minimum Gasteiger partial charge on any atom is -0.486 e. The van der Waals surface area contributed by atoms with E-state index in [1.807, 2.05) is 42.6 Å². The van der Waals surface area contributed by atoms with Crippen LogP contribution in [0.1, 0.15) is 17.6 Å². The van der Waals surface area contributed by atoms with Gasteiger partial charge in [-0.3, -0.25) is 0 Å². The molecule has 0 spiro atoms. The molecule has 5 heteroatoms. The van der Waals surface area contributed by atoms with Crippen LogP contribution in [0.25, 0.3) is 0 Å². The highest BCUT2D eigenvalue weighted by Gasteiger charge is 2.04. The Morgan fingerprint density at radius 3 is 2.89 bits per heavy atom. The Balaban J connectivity index is 1.81. The molecule has 102 valence electrons. The number of hydrogen-bond acceptors (Lipinski definition) is 5. The van der Waals surface area contributed by atoms with E-state index in [2.05, 4.69) is 10.3 Å². The van der Waals surface area contributed by atoms with Gasteiger partial charge in [0.05, 0.1) is 12.3 Å². The highest BCUT2D eigenvalue weighted by Crippen LogP contribution is 2.14. The van der Waals surface area contributed by atoms with Crippen molar-refractivity contribution in [2.24, 2.45) is 0 Å². The summed E-state index contributed by atoms with van der Waals surface area (Å²) >= 11 is 1.59. The molecule has 0 bridgehead atoms. The Labute approximate surface area is 117 Å². The van der Waals surface area contributed by atoms with Crippen LogP contribution in [0.4, 0.5) is 0 Å². The van der Waals surface area contributed by atoms with Gasteiger partial charge in [0.15, 0.2) is 0 Å². The Morgan fingerprint density at radius 1 is 1.37 bits per heavy atom. The monoisotopic (exact) mass is 278 g/mol. The van der Waals surface area contributed by atoms with E-state index in [9.17, 15) is 0 Å². The molecule has 0 aliphatic rings. The van der Waals surface area contributed by atoms with E-state index in [1.165, 1.54) is 0 Å². The molecule has 19 heavy (non-hydrogen) atoms. The molecule has 0 fully saturated rings. The summed E-state index contributed by atoms with van der Waals surface area (Å²) in [6.07, 6.45) is 0. The average molecular weight is 278 g/mol. The van der Waals surface area contributed by atoms with E-state index < -0.39 is 0 Å². The second-order valence-electron chi connectivity index (χ2n) is 4.30. The summed E-state index contributed by atoms with van der Waals surface area (Å²) < 4.78 is 5.64. The normalized spacial score (nSPS) is 12.3. The van der Waals surface area contributed by atoms with Crippen molar-refractivity contribution in [1.29, 1.82) is 0 Å². The van der Waals surface area contributed by atoms with Gasteiger partial charge in [-0.15, -0.1) is 11.3 Å². The van der Waals surface area contributed by atoms with E-state index in [0.717, 1.165) is 16.5 Å². The van der Waals surface area contributed by atoms with Gasteiger partial charge >= 0.3 is 0 Å². The van der Waals surface area contributed by atoms with E-state index in [-0.39, 0.29) is 12.6 Å². The first-order valence-corrected chi connectivity index (χ1v) is 7.11. The predicted octanol–water partition coefficient (Wildman–Crippen LogP) is 2.19. The van der Waals surface area contributed by atoms with Crippen LogP contribution in [-0.2, 0) is 13.2 Å². The molecular formula is C14H18N2O2S. The Bertz CT molecular complexity index is 487. The number of ether oxygens (including phenoxy) is 1. The zero-order valence-corrected chi connectivity index (χ0v) is 11.7. The van der Waals surface area contributed by atoms with Gasteiger partial charge in [0, 0.05) is 18.0 Å². The first-order valence-electron chi connectivity index (χ1n) is 6.23. The zero-order valence-electron chi connectivity index (χ0n) is 10.9. The number of aromatic nitrogens is 1. The second kappa shape index (κ2) is 7.23. The van der Waals surface area contributed by atoms with Crippen molar-refractivity contribution < 1.29 is 9.84 Å². The van der Waals surface area contributed by atoms with Crippen LogP contribution in [0, 0.1) is 0 Å². The number of para-hydroxylation sites is 1. The van der Waals surface area contributed by atoms with Gasteiger partial charge in [0.2, 0.25) is 0 Å². The SMILES string of the molecule is C[C@H](CO)NCc1csc(COc2ccccc2)n1. The molecule has 0 saturated carbocycles. The number of hydrogen-bond donors (Lipinski definition) is 2. The molecule has 1 heterocycles. The fourth-order valence-corrected chi connectivity index (χ4v) is 2.21. The molecule has 2 aromatic rings. The molecule has 4 nitrogen and oxygen atoms in total. The lowest BCUT2D eigenvalue weighted by molar-refractivity contribution is 0.250. The summed E-state index contributed by atoms with van der Waals surface area (Å²) in [5.41, 5.74) is 0.983. The lowest BCUT2D eigenvalue weighted by atomic mass is 10.3. The first kappa shape index (κ1) is 14.0. The Kier molecular flexibility index (Phi) is 5.32. The molecule has 0 radical (unpaired) electrons. The van der Waals surface area contributed by atoms with Crippen LogP contribution >= 0.6 is 11.3 Å². The molecule has 1 aromatic heterocycles. The maximum Gasteiger partial charge on any atom is 0.140 e. The predicted molar refractivity (Wildman–Crippen MR) is 76.3 cm³/mol. The third-order valence-electron chi connectivity index (χ3n) is 2.61. The molecule has 0 amide bonds. The van der Waals surface area contributed by atoms with Crippen LogP contribution in [0.2, 0.25) is 0 Å². The standard InChI is InChI=1S/C14H18N2O2S/c1-11(8-17)15-7-12-10-19-14(16-12)9-18-13-5-3-2-4-6-13/h2-6,10-11,15,17H,7-9H2,1H3/t11-/m1/s1. The van der Waals surface area contributed by atoms with Crippen molar-refractivity contribution in [3.05, 3.63) is 46.4 Å². The van der Waals surface area contributed by atoms with Crippen LogP contribution in [0.15, 0.2) is 35.7 Å². The Hall–Kier alpha value is -1.43. The maximum atomic E-state index is 8.93. The van der Waals surface area contributed by atoms with Crippen LogP contribution in [-0.4, -0.2) is 22.7 Å². The number of nitrogens with zero attached hydrogens (tertiary/aromatic N) is 1. The molecule has 1 aromatic carbocycles. The average Bonchev–Trinajstić information content (AvgIpc) is 2.91. The van der Waals surface area contributed by atoms with Crippen molar-refractivity contribution in [2.75, 3.05) is 6.61 Å². The van der Waals surface area contributed by atoms with Gasteiger partial charge in [-0.25, -0.2) is 4.98 Å². The third kappa shape index (κ3) is 4.63.